The van der Waals surface area contributed by atoms with E-state index in [0.29, 0.717) is 10.6 Å². The van der Waals surface area contributed by atoms with Crippen LogP contribution in [0.2, 0.25) is 5.02 Å². The Kier molecular flexibility index (Phi) is 4.60. The molecule has 0 spiro atoms. The van der Waals surface area contributed by atoms with E-state index in [2.05, 4.69) is 26.2 Å². The lowest BCUT2D eigenvalue weighted by Crippen LogP contribution is -2.26. The summed E-state index contributed by atoms with van der Waals surface area (Å²) in [5.74, 6) is -0.163. The summed E-state index contributed by atoms with van der Waals surface area (Å²) in [7, 11) is 0. The van der Waals surface area contributed by atoms with Gasteiger partial charge >= 0.3 is 0 Å². The molecule has 1 N–H and O–H groups in total. The fourth-order valence-corrected chi connectivity index (χ4v) is 3.24. The van der Waals surface area contributed by atoms with Gasteiger partial charge in [0.05, 0.1) is 6.04 Å². The number of thiazole rings is 1. The number of aromatic nitrogens is 1. The third-order valence-electron chi connectivity index (χ3n) is 2.48. The van der Waals surface area contributed by atoms with Crippen LogP contribution in [0.15, 0.2) is 28.9 Å². The van der Waals surface area contributed by atoms with Crippen LogP contribution in [-0.2, 0) is 0 Å². The van der Waals surface area contributed by atoms with Crippen molar-refractivity contribution in [3.63, 3.8) is 0 Å². The monoisotopic (exact) mass is 358 g/mol. The number of nitrogens with one attached hydrogen (secondary N) is 1. The number of amides is 1. The van der Waals surface area contributed by atoms with E-state index < -0.39 is 0 Å². The molecule has 0 radical (unpaired) electrons. The molecule has 0 aliphatic heterocycles. The maximum atomic E-state index is 12.1. The predicted molar refractivity (Wildman–Crippen MR) is 81.9 cm³/mol. The zero-order chi connectivity index (χ0) is 14.0. The molecule has 2 aromatic rings. The maximum absolute atomic E-state index is 12.1. The molecule has 6 heteroatoms. The first-order chi connectivity index (χ1) is 8.95. The van der Waals surface area contributed by atoms with Crippen LogP contribution >= 0.6 is 38.9 Å². The lowest BCUT2D eigenvalue weighted by atomic mass is 10.2. The minimum atomic E-state index is -0.163. The van der Waals surface area contributed by atoms with Crippen molar-refractivity contribution in [1.29, 1.82) is 0 Å². The molecule has 1 heterocycles. The van der Waals surface area contributed by atoms with Gasteiger partial charge in [-0.2, -0.15) is 0 Å². The van der Waals surface area contributed by atoms with Crippen molar-refractivity contribution < 1.29 is 4.79 Å². The molecule has 100 valence electrons. The normalized spacial score (nSPS) is 12.2. The molecule has 0 saturated carbocycles. The minimum Gasteiger partial charge on any atom is -0.343 e. The second-order valence-electron chi connectivity index (χ2n) is 4.16. The van der Waals surface area contributed by atoms with Crippen LogP contribution < -0.4 is 5.32 Å². The predicted octanol–water partition coefficient (Wildman–Crippen LogP) is 4.36. The number of carbonyl (C=O) groups excluding carboxylic acids is 1. The van der Waals surface area contributed by atoms with E-state index in [0.717, 1.165) is 14.4 Å². The van der Waals surface area contributed by atoms with Crippen LogP contribution in [0.3, 0.4) is 0 Å². The van der Waals surface area contributed by atoms with E-state index >= 15 is 0 Å². The summed E-state index contributed by atoms with van der Waals surface area (Å²) in [5.41, 5.74) is 0.527. The van der Waals surface area contributed by atoms with Crippen molar-refractivity contribution >= 4 is 44.8 Å². The summed E-state index contributed by atoms with van der Waals surface area (Å²) in [5, 5.41) is 4.33. The number of benzene rings is 1. The standard InChI is InChI=1S/C13H12BrClN2OS/c1-7-6-16-13(19-7)8(2)17-12(18)9-3-10(14)5-11(15)4-9/h3-6,8H,1-2H3,(H,17,18). The van der Waals surface area contributed by atoms with Gasteiger partial charge in [-0.1, -0.05) is 27.5 Å². The molecule has 0 bridgehead atoms. The van der Waals surface area contributed by atoms with Crippen molar-refractivity contribution in [2.75, 3.05) is 0 Å². The van der Waals surface area contributed by atoms with Crippen LogP contribution in [-0.4, -0.2) is 10.9 Å². The molecular formula is C13H12BrClN2OS. The Morgan fingerprint density at radius 1 is 1.47 bits per heavy atom. The molecule has 1 amide bonds. The first-order valence-corrected chi connectivity index (χ1v) is 7.64. The zero-order valence-electron chi connectivity index (χ0n) is 10.4. The van der Waals surface area contributed by atoms with Crippen molar-refractivity contribution in [2.24, 2.45) is 0 Å². The largest absolute Gasteiger partial charge is 0.343 e. The molecule has 0 fully saturated rings. The summed E-state index contributed by atoms with van der Waals surface area (Å²) in [6.07, 6.45) is 1.80. The first kappa shape index (κ1) is 14.5. The highest BCUT2D eigenvalue weighted by Gasteiger charge is 2.14. The molecule has 1 atom stereocenters. The van der Waals surface area contributed by atoms with Gasteiger partial charge < -0.3 is 5.32 Å². The Balaban J connectivity index is 2.12. The van der Waals surface area contributed by atoms with Crippen molar-refractivity contribution in [3.8, 4) is 0 Å². The summed E-state index contributed by atoms with van der Waals surface area (Å²) < 4.78 is 0.780. The number of nitrogens with zero attached hydrogens (tertiary/aromatic N) is 1. The molecule has 0 aliphatic carbocycles. The molecule has 1 unspecified atom stereocenters. The van der Waals surface area contributed by atoms with Gasteiger partial charge in [0.25, 0.3) is 5.91 Å². The smallest absolute Gasteiger partial charge is 0.251 e. The molecule has 19 heavy (non-hydrogen) atoms. The fourth-order valence-electron chi connectivity index (χ4n) is 1.60. The highest BCUT2D eigenvalue weighted by atomic mass is 79.9. The van der Waals surface area contributed by atoms with Gasteiger partial charge in [0, 0.05) is 26.1 Å². The van der Waals surface area contributed by atoms with Gasteiger partial charge in [0.2, 0.25) is 0 Å². The summed E-state index contributed by atoms with van der Waals surface area (Å²) in [6.45, 7) is 3.90. The molecule has 1 aromatic heterocycles. The second-order valence-corrected chi connectivity index (χ2v) is 6.78. The quantitative estimate of drug-likeness (QED) is 0.885. The summed E-state index contributed by atoms with van der Waals surface area (Å²) >= 11 is 10.8. The molecule has 1 aromatic carbocycles. The van der Waals surface area contributed by atoms with Crippen molar-refractivity contribution in [1.82, 2.24) is 10.3 Å². The fraction of sp³-hybridized carbons (Fsp3) is 0.231. The Morgan fingerprint density at radius 2 is 2.21 bits per heavy atom. The van der Waals surface area contributed by atoms with Crippen LogP contribution in [0.4, 0.5) is 0 Å². The number of hydrogen-bond donors (Lipinski definition) is 1. The number of hydrogen-bond acceptors (Lipinski definition) is 3. The lowest BCUT2D eigenvalue weighted by Gasteiger charge is -2.11. The number of rotatable bonds is 3. The zero-order valence-corrected chi connectivity index (χ0v) is 13.6. The topological polar surface area (TPSA) is 42.0 Å². The SMILES string of the molecule is Cc1cnc(C(C)NC(=O)c2cc(Cl)cc(Br)c2)s1. The highest BCUT2D eigenvalue weighted by molar-refractivity contribution is 9.10. The third kappa shape index (κ3) is 3.78. The minimum absolute atomic E-state index is 0.121. The lowest BCUT2D eigenvalue weighted by molar-refractivity contribution is 0.0940. The van der Waals surface area contributed by atoms with Gasteiger partial charge in [0.15, 0.2) is 0 Å². The summed E-state index contributed by atoms with van der Waals surface area (Å²) in [6, 6.07) is 5.00. The number of aryl methyl sites for hydroxylation is 1. The van der Waals surface area contributed by atoms with Crippen LogP contribution in [0.25, 0.3) is 0 Å². The van der Waals surface area contributed by atoms with Gasteiger partial charge in [-0.25, -0.2) is 4.98 Å². The van der Waals surface area contributed by atoms with Crippen molar-refractivity contribution in [3.05, 3.63) is 49.3 Å². The van der Waals surface area contributed by atoms with Gasteiger partial charge in [-0.05, 0) is 32.0 Å². The summed E-state index contributed by atoms with van der Waals surface area (Å²) in [4.78, 5) is 17.5. The van der Waals surface area contributed by atoms with Gasteiger partial charge in [-0.3, -0.25) is 4.79 Å². The van der Waals surface area contributed by atoms with Crippen LogP contribution in [0.5, 0.6) is 0 Å². The van der Waals surface area contributed by atoms with Crippen LogP contribution in [0.1, 0.15) is 33.2 Å². The Hall–Kier alpha value is -0.910. The molecule has 3 nitrogen and oxygen atoms in total. The first-order valence-electron chi connectivity index (χ1n) is 5.65. The number of carbonyl (C=O) groups is 1. The highest BCUT2D eigenvalue weighted by Crippen LogP contribution is 2.22. The Labute approximate surface area is 129 Å². The van der Waals surface area contributed by atoms with E-state index in [1.54, 1.807) is 35.7 Å². The van der Waals surface area contributed by atoms with Crippen molar-refractivity contribution in [2.45, 2.75) is 19.9 Å². The average Bonchev–Trinajstić information content (AvgIpc) is 2.74. The van der Waals surface area contributed by atoms with E-state index in [-0.39, 0.29) is 11.9 Å². The van der Waals surface area contributed by atoms with E-state index in [4.69, 9.17) is 11.6 Å². The number of halogens is 2. The second kappa shape index (κ2) is 6.03. The van der Waals surface area contributed by atoms with E-state index in [1.165, 1.54) is 0 Å². The molecule has 0 aliphatic rings. The van der Waals surface area contributed by atoms with E-state index in [9.17, 15) is 4.79 Å². The maximum Gasteiger partial charge on any atom is 0.251 e. The third-order valence-corrected chi connectivity index (χ3v) is 4.25. The van der Waals surface area contributed by atoms with Gasteiger partial charge in [-0.15, -0.1) is 11.3 Å². The van der Waals surface area contributed by atoms with E-state index in [1.807, 2.05) is 13.8 Å². The Bertz CT molecular complexity index is 594. The molecule has 2 rings (SSSR count). The molecular weight excluding hydrogens is 348 g/mol. The molecule has 0 saturated heterocycles. The van der Waals surface area contributed by atoms with Gasteiger partial charge in [0.1, 0.15) is 5.01 Å². The Morgan fingerprint density at radius 3 is 2.79 bits per heavy atom. The average molecular weight is 360 g/mol. The van der Waals surface area contributed by atoms with Crippen LogP contribution in [0, 0.1) is 6.92 Å².